The van der Waals surface area contributed by atoms with Gasteiger partial charge >= 0.3 is 11.7 Å². The lowest BCUT2D eigenvalue weighted by atomic mass is 10.1. The molecule has 0 aliphatic heterocycles. The van der Waals surface area contributed by atoms with Gasteiger partial charge < -0.3 is 19.8 Å². The number of fused-ring (bicyclic) bond motifs is 1. The van der Waals surface area contributed by atoms with Crippen LogP contribution in [-0.2, 0) is 16.1 Å². The summed E-state index contributed by atoms with van der Waals surface area (Å²) >= 11 is 0.993. The molecule has 4 rings (SSSR count). The third-order valence-electron chi connectivity index (χ3n) is 5.25. The molecule has 2 aromatic heterocycles. The molecule has 0 aliphatic carbocycles. The van der Waals surface area contributed by atoms with E-state index in [-0.39, 0.29) is 35.0 Å². The molecular formula is C25H23N3O6S. The number of carbonyl (C=O) groups is 3. The minimum Gasteiger partial charge on any atom is -0.462 e. The molecule has 0 spiro atoms. The first-order valence-electron chi connectivity index (χ1n) is 10.9. The van der Waals surface area contributed by atoms with Crippen LogP contribution in [-0.4, -0.2) is 29.0 Å². The summed E-state index contributed by atoms with van der Waals surface area (Å²) in [5.74, 6) is -2.02. The van der Waals surface area contributed by atoms with Gasteiger partial charge in [-0.05, 0) is 43.7 Å². The lowest BCUT2D eigenvalue weighted by molar-refractivity contribution is -0.116. The Bertz CT molecular complexity index is 1450. The molecule has 9 nitrogen and oxygen atoms in total. The Hall–Kier alpha value is -4.18. The third kappa shape index (κ3) is 5.17. The molecular weight excluding hydrogens is 470 g/mol. The quantitative estimate of drug-likeness (QED) is 0.351. The van der Waals surface area contributed by atoms with Gasteiger partial charge in [0.15, 0.2) is 5.58 Å². The first kappa shape index (κ1) is 24.0. The van der Waals surface area contributed by atoms with Crippen molar-refractivity contribution in [2.45, 2.75) is 26.8 Å². The number of thiophene rings is 1. The van der Waals surface area contributed by atoms with Crippen molar-refractivity contribution in [1.82, 2.24) is 4.57 Å². The van der Waals surface area contributed by atoms with Crippen LogP contribution < -0.4 is 16.4 Å². The number of para-hydroxylation sites is 3. The smallest absolute Gasteiger partial charge is 0.419 e. The Morgan fingerprint density at radius 3 is 2.49 bits per heavy atom. The van der Waals surface area contributed by atoms with Gasteiger partial charge in [-0.15, -0.1) is 11.3 Å². The summed E-state index contributed by atoms with van der Waals surface area (Å²) in [6, 6.07) is 15.8. The lowest BCUT2D eigenvalue weighted by Gasteiger charge is -2.07. The summed E-state index contributed by atoms with van der Waals surface area (Å²) in [4.78, 5) is 50.7. The zero-order valence-corrected chi connectivity index (χ0v) is 19.9. The van der Waals surface area contributed by atoms with E-state index in [2.05, 4.69) is 10.6 Å². The van der Waals surface area contributed by atoms with Gasteiger partial charge in [-0.3, -0.25) is 14.2 Å². The van der Waals surface area contributed by atoms with Crippen LogP contribution in [0, 0.1) is 6.92 Å². The number of ether oxygens (including phenoxy) is 1. The monoisotopic (exact) mass is 493 g/mol. The maximum Gasteiger partial charge on any atom is 0.419 e. The lowest BCUT2D eigenvalue weighted by Crippen LogP contribution is -2.20. The van der Waals surface area contributed by atoms with Crippen molar-refractivity contribution in [3.63, 3.8) is 0 Å². The number of hydrogen-bond donors (Lipinski definition) is 2. The Labute approximate surface area is 204 Å². The summed E-state index contributed by atoms with van der Waals surface area (Å²) in [7, 11) is 0. The highest BCUT2D eigenvalue weighted by atomic mass is 32.1. The number of hydrogen-bond acceptors (Lipinski definition) is 7. The summed E-state index contributed by atoms with van der Waals surface area (Å²) in [6.07, 6.45) is -0.0474. The average molecular weight is 494 g/mol. The molecule has 180 valence electrons. The zero-order valence-electron chi connectivity index (χ0n) is 19.1. The first-order valence-corrected chi connectivity index (χ1v) is 11.8. The molecule has 2 amide bonds. The number of aryl methyl sites for hydroxylation is 1. The molecule has 0 bridgehead atoms. The Morgan fingerprint density at radius 2 is 1.74 bits per heavy atom. The second kappa shape index (κ2) is 10.4. The number of rotatable bonds is 8. The number of oxazole rings is 1. The fraction of sp³-hybridized carbons (Fsp3) is 0.200. The predicted octanol–water partition coefficient (Wildman–Crippen LogP) is 4.42. The average Bonchev–Trinajstić information content (AvgIpc) is 3.34. The fourth-order valence-electron chi connectivity index (χ4n) is 3.60. The molecule has 0 atom stereocenters. The van der Waals surface area contributed by atoms with E-state index < -0.39 is 23.5 Å². The highest BCUT2D eigenvalue weighted by Gasteiger charge is 2.27. The van der Waals surface area contributed by atoms with E-state index in [0.29, 0.717) is 22.4 Å². The number of amides is 2. The van der Waals surface area contributed by atoms with Gasteiger partial charge in [0.25, 0.3) is 5.91 Å². The largest absolute Gasteiger partial charge is 0.462 e. The standard InChI is InChI=1S/C25H23N3O6S/c1-3-33-24(31)20-15(2)21(22(30)26-16-9-5-4-6-10-16)35-23(20)27-19(29)13-14-28-17-11-7-8-12-18(17)34-25(28)32/h4-12H,3,13-14H2,1-2H3,(H,26,30)(H,27,29). The van der Waals surface area contributed by atoms with E-state index in [9.17, 15) is 19.2 Å². The molecule has 10 heteroatoms. The first-order chi connectivity index (χ1) is 16.9. The maximum atomic E-state index is 12.9. The van der Waals surface area contributed by atoms with Crippen LogP contribution in [0.2, 0.25) is 0 Å². The number of esters is 1. The second-order valence-corrected chi connectivity index (χ2v) is 8.61. The number of aromatic nitrogens is 1. The third-order valence-corrected chi connectivity index (χ3v) is 6.46. The SMILES string of the molecule is CCOC(=O)c1c(NC(=O)CCn2c(=O)oc3ccccc32)sc(C(=O)Nc2ccccc2)c1C. The molecule has 4 aromatic rings. The topological polar surface area (TPSA) is 120 Å². The van der Waals surface area contributed by atoms with Crippen LogP contribution in [0.15, 0.2) is 63.8 Å². The van der Waals surface area contributed by atoms with Gasteiger partial charge in [-0.1, -0.05) is 30.3 Å². The Morgan fingerprint density at radius 1 is 1.03 bits per heavy atom. The van der Waals surface area contributed by atoms with E-state index >= 15 is 0 Å². The summed E-state index contributed by atoms with van der Waals surface area (Å²) in [5, 5.41) is 5.72. The molecule has 2 aromatic carbocycles. The van der Waals surface area contributed by atoms with Crippen molar-refractivity contribution < 1.29 is 23.5 Å². The summed E-state index contributed by atoms with van der Waals surface area (Å²) < 4.78 is 11.7. The molecule has 0 saturated heterocycles. The van der Waals surface area contributed by atoms with Crippen molar-refractivity contribution in [3.8, 4) is 0 Å². The number of anilines is 2. The number of carbonyl (C=O) groups excluding carboxylic acids is 3. The van der Waals surface area contributed by atoms with Gasteiger partial charge in [0.05, 0.1) is 22.6 Å². The van der Waals surface area contributed by atoms with E-state index in [0.717, 1.165) is 11.3 Å². The molecule has 0 unspecified atom stereocenters. The van der Waals surface area contributed by atoms with Crippen molar-refractivity contribution in [2.75, 3.05) is 17.2 Å². The van der Waals surface area contributed by atoms with Crippen LogP contribution in [0.3, 0.4) is 0 Å². The summed E-state index contributed by atoms with van der Waals surface area (Å²) in [5.41, 5.74) is 2.17. The van der Waals surface area contributed by atoms with Gasteiger partial charge in [-0.25, -0.2) is 9.59 Å². The zero-order chi connectivity index (χ0) is 24.9. The van der Waals surface area contributed by atoms with Crippen molar-refractivity contribution in [3.05, 3.63) is 81.2 Å². The van der Waals surface area contributed by atoms with Crippen LogP contribution in [0.25, 0.3) is 11.1 Å². The molecule has 0 aliphatic rings. The van der Waals surface area contributed by atoms with Gasteiger partial charge in [-0.2, -0.15) is 0 Å². The highest BCUT2D eigenvalue weighted by molar-refractivity contribution is 7.18. The van der Waals surface area contributed by atoms with E-state index in [1.54, 1.807) is 62.4 Å². The number of benzene rings is 2. The number of nitrogens with zero attached hydrogens (tertiary/aromatic N) is 1. The van der Waals surface area contributed by atoms with Crippen LogP contribution >= 0.6 is 11.3 Å². The van der Waals surface area contributed by atoms with Crippen LogP contribution in [0.1, 0.15) is 38.9 Å². The Kier molecular flexibility index (Phi) is 7.11. The minimum absolute atomic E-state index is 0.0474. The van der Waals surface area contributed by atoms with Crippen molar-refractivity contribution >= 4 is 50.9 Å². The van der Waals surface area contributed by atoms with Gasteiger partial charge in [0.1, 0.15) is 5.00 Å². The van der Waals surface area contributed by atoms with E-state index in [1.807, 2.05) is 6.07 Å². The molecule has 0 radical (unpaired) electrons. The van der Waals surface area contributed by atoms with E-state index in [1.165, 1.54) is 4.57 Å². The van der Waals surface area contributed by atoms with Crippen molar-refractivity contribution in [1.29, 1.82) is 0 Å². The second-order valence-electron chi connectivity index (χ2n) is 7.59. The fourth-order valence-corrected chi connectivity index (χ4v) is 4.71. The molecule has 2 N–H and O–H groups in total. The van der Waals surface area contributed by atoms with Crippen LogP contribution in [0.4, 0.5) is 10.7 Å². The number of nitrogens with one attached hydrogen (secondary N) is 2. The van der Waals surface area contributed by atoms with Crippen LogP contribution in [0.5, 0.6) is 0 Å². The van der Waals surface area contributed by atoms with Crippen molar-refractivity contribution in [2.24, 2.45) is 0 Å². The maximum absolute atomic E-state index is 12.9. The molecule has 0 saturated carbocycles. The predicted molar refractivity (Wildman–Crippen MR) is 133 cm³/mol. The Balaban J connectivity index is 1.55. The molecule has 35 heavy (non-hydrogen) atoms. The minimum atomic E-state index is -0.632. The van der Waals surface area contributed by atoms with Gasteiger partial charge in [0.2, 0.25) is 5.91 Å². The molecule has 0 fully saturated rings. The van der Waals surface area contributed by atoms with E-state index in [4.69, 9.17) is 9.15 Å². The molecule has 2 heterocycles. The van der Waals surface area contributed by atoms with Gasteiger partial charge in [0, 0.05) is 18.7 Å². The highest BCUT2D eigenvalue weighted by Crippen LogP contribution is 2.34. The summed E-state index contributed by atoms with van der Waals surface area (Å²) in [6.45, 7) is 3.54. The normalized spacial score (nSPS) is 10.8.